The fraction of sp³-hybridized carbons (Fsp3) is 0.273. The summed E-state index contributed by atoms with van der Waals surface area (Å²) in [5.41, 5.74) is 4.34. The van der Waals surface area contributed by atoms with E-state index in [0.717, 1.165) is 16.7 Å². The lowest BCUT2D eigenvalue weighted by molar-refractivity contribution is 0.437. The van der Waals surface area contributed by atoms with Gasteiger partial charge >= 0.3 is 0 Å². The molecule has 0 spiro atoms. The highest BCUT2D eigenvalue weighted by molar-refractivity contribution is 7.89. The molecule has 0 unspecified atom stereocenters. The minimum Gasteiger partial charge on any atom is -0.361 e. The van der Waals surface area contributed by atoms with E-state index in [4.69, 9.17) is 0 Å². The molecule has 2 atom stereocenters. The van der Waals surface area contributed by atoms with E-state index in [1.807, 2.05) is 37.4 Å². The first-order valence-electron chi connectivity index (χ1n) is 9.18. The molecule has 0 saturated carbocycles. The van der Waals surface area contributed by atoms with Gasteiger partial charge in [0.1, 0.15) is 0 Å². The van der Waals surface area contributed by atoms with Gasteiger partial charge in [0.25, 0.3) is 0 Å². The van der Waals surface area contributed by atoms with Crippen LogP contribution < -0.4 is 0 Å². The Morgan fingerprint density at radius 2 is 1.85 bits per heavy atom. The molecule has 5 heteroatoms. The summed E-state index contributed by atoms with van der Waals surface area (Å²) in [6, 6.07) is 15.3. The second-order valence-corrected chi connectivity index (χ2v) is 9.39. The van der Waals surface area contributed by atoms with E-state index in [9.17, 15) is 8.42 Å². The van der Waals surface area contributed by atoms with E-state index in [1.165, 1.54) is 10.9 Å². The Kier molecular flexibility index (Phi) is 4.44. The number of nitrogens with zero attached hydrogens (tertiary/aromatic N) is 1. The molecule has 140 valence electrons. The maximum atomic E-state index is 13.0. The van der Waals surface area contributed by atoms with Gasteiger partial charge in [-0.3, -0.25) is 0 Å². The molecule has 0 aliphatic carbocycles. The maximum absolute atomic E-state index is 13.0. The number of hydrogen-bond donors (Lipinski definition) is 1. The van der Waals surface area contributed by atoms with E-state index in [0.29, 0.717) is 18.0 Å². The van der Waals surface area contributed by atoms with Crippen molar-refractivity contribution in [3.63, 3.8) is 0 Å². The van der Waals surface area contributed by atoms with Crippen LogP contribution >= 0.6 is 0 Å². The zero-order valence-electron chi connectivity index (χ0n) is 15.6. The highest BCUT2D eigenvalue weighted by Crippen LogP contribution is 2.39. The fourth-order valence-corrected chi connectivity index (χ4v) is 5.47. The molecule has 1 aliphatic heterocycles. The number of aromatic amines is 1. The molecule has 0 amide bonds. The normalized spacial score (nSPS) is 19.6. The third-order valence-corrected chi connectivity index (χ3v) is 7.50. The average Bonchev–Trinajstić information content (AvgIpc) is 3.25. The van der Waals surface area contributed by atoms with Gasteiger partial charge in [-0.25, -0.2) is 8.42 Å². The zero-order valence-corrected chi connectivity index (χ0v) is 16.5. The van der Waals surface area contributed by atoms with Crippen molar-refractivity contribution in [1.82, 2.24) is 9.29 Å². The summed E-state index contributed by atoms with van der Waals surface area (Å²) in [4.78, 5) is 3.67. The summed E-state index contributed by atoms with van der Waals surface area (Å²) < 4.78 is 27.6. The molecule has 1 aromatic heterocycles. The van der Waals surface area contributed by atoms with Crippen LogP contribution in [0, 0.1) is 12.8 Å². The standard InChI is InChI=1S/C22H24N2O2S/c1-15-8-10-18(11-9-15)27(25,26)24-13-16(2)21(14-24)17(3)20-12-23-22-7-5-4-6-19(20)22/h4-12,17,21,23H,2,13-14H2,1,3H3/t17-,21+/m0/s1. The van der Waals surface area contributed by atoms with Crippen molar-refractivity contribution in [2.45, 2.75) is 24.7 Å². The number of benzene rings is 2. The van der Waals surface area contributed by atoms with Crippen molar-refractivity contribution in [2.24, 2.45) is 5.92 Å². The lowest BCUT2D eigenvalue weighted by Crippen LogP contribution is -2.29. The van der Waals surface area contributed by atoms with Gasteiger partial charge < -0.3 is 4.98 Å². The van der Waals surface area contributed by atoms with Crippen molar-refractivity contribution in [3.05, 3.63) is 78.0 Å². The smallest absolute Gasteiger partial charge is 0.243 e. The largest absolute Gasteiger partial charge is 0.361 e. The number of sulfonamides is 1. The predicted molar refractivity (Wildman–Crippen MR) is 109 cm³/mol. The maximum Gasteiger partial charge on any atom is 0.243 e. The number of nitrogens with one attached hydrogen (secondary N) is 1. The Bertz CT molecular complexity index is 1100. The molecule has 1 fully saturated rings. The minimum atomic E-state index is -3.50. The Morgan fingerprint density at radius 1 is 1.15 bits per heavy atom. The summed E-state index contributed by atoms with van der Waals surface area (Å²) >= 11 is 0. The lowest BCUT2D eigenvalue weighted by Gasteiger charge is -2.21. The summed E-state index contributed by atoms with van der Waals surface area (Å²) in [5.74, 6) is 0.288. The van der Waals surface area contributed by atoms with E-state index in [1.54, 1.807) is 16.4 Å². The van der Waals surface area contributed by atoms with E-state index in [-0.39, 0.29) is 11.8 Å². The molecule has 4 nitrogen and oxygen atoms in total. The van der Waals surface area contributed by atoms with Gasteiger partial charge in [0, 0.05) is 36.1 Å². The molecule has 4 rings (SSSR count). The predicted octanol–water partition coefficient (Wildman–Crippen LogP) is 4.46. The number of fused-ring (bicyclic) bond motifs is 1. The third kappa shape index (κ3) is 3.11. The first kappa shape index (κ1) is 18.0. The second kappa shape index (κ2) is 6.66. The van der Waals surface area contributed by atoms with Gasteiger partial charge in [0.2, 0.25) is 10.0 Å². The summed E-state index contributed by atoms with van der Waals surface area (Å²) in [5, 5.41) is 1.19. The van der Waals surface area contributed by atoms with Gasteiger partial charge in [-0.05, 0) is 36.6 Å². The van der Waals surface area contributed by atoms with Crippen molar-refractivity contribution >= 4 is 20.9 Å². The number of H-pyrrole nitrogens is 1. The van der Waals surface area contributed by atoms with Crippen LogP contribution in [-0.4, -0.2) is 30.8 Å². The number of aryl methyl sites for hydroxylation is 1. The zero-order chi connectivity index (χ0) is 19.2. The Labute approximate surface area is 160 Å². The SMILES string of the molecule is C=C1CN(S(=O)(=O)c2ccc(C)cc2)C[C@H]1[C@@H](C)c1c[nH]c2ccccc12. The highest BCUT2D eigenvalue weighted by Gasteiger charge is 2.38. The van der Waals surface area contributed by atoms with Crippen LogP contribution in [0.2, 0.25) is 0 Å². The molecular formula is C22H24N2O2S. The number of aromatic nitrogens is 1. The van der Waals surface area contributed by atoms with Gasteiger partial charge in [0.05, 0.1) is 4.90 Å². The van der Waals surface area contributed by atoms with E-state index >= 15 is 0 Å². The van der Waals surface area contributed by atoms with Crippen molar-refractivity contribution in [3.8, 4) is 0 Å². The van der Waals surface area contributed by atoms with Crippen molar-refractivity contribution in [2.75, 3.05) is 13.1 Å². The number of hydrogen-bond acceptors (Lipinski definition) is 2. The Morgan fingerprint density at radius 3 is 2.59 bits per heavy atom. The van der Waals surface area contributed by atoms with Crippen LogP contribution in [0.4, 0.5) is 0 Å². The molecule has 1 saturated heterocycles. The lowest BCUT2D eigenvalue weighted by atomic mass is 9.85. The first-order chi connectivity index (χ1) is 12.9. The molecule has 2 aromatic carbocycles. The minimum absolute atomic E-state index is 0.101. The van der Waals surface area contributed by atoms with Gasteiger partial charge in [0.15, 0.2) is 0 Å². The molecular weight excluding hydrogens is 356 g/mol. The second-order valence-electron chi connectivity index (χ2n) is 7.45. The van der Waals surface area contributed by atoms with Gasteiger partial charge in [-0.15, -0.1) is 0 Å². The van der Waals surface area contributed by atoms with Gasteiger partial charge in [-0.2, -0.15) is 4.31 Å². The molecule has 27 heavy (non-hydrogen) atoms. The van der Waals surface area contributed by atoms with E-state index < -0.39 is 10.0 Å². The molecule has 2 heterocycles. The Balaban J connectivity index is 1.61. The van der Waals surface area contributed by atoms with Gasteiger partial charge in [-0.1, -0.05) is 55.0 Å². The molecule has 0 radical (unpaired) electrons. The van der Waals surface area contributed by atoms with Crippen molar-refractivity contribution in [1.29, 1.82) is 0 Å². The topological polar surface area (TPSA) is 53.2 Å². The monoisotopic (exact) mass is 380 g/mol. The molecule has 1 aliphatic rings. The van der Waals surface area contributed by atoms with Crippen LogP contribution in [0.1, 0.15) is 24.0 Å². The highest BCUT2D eigenvalue weighted by atomic mass is 32.2. The average molecular weight is 381 g/mol. The van der Waals surface area contributed by atoms with E-state index in [2.05, 4.69) is 30.6 Å². The fourth-order valence-electron chi connectivity index (χ4n) is 4.00. The van der Waals surface area contributed by atoms with Crippen molar-refractivity contribution < 1.29 is 8.42 Å². The van der Waals surface area contributed by atoms with Crippen LogP contribution in [-0.2, 0) is 10.0 Å². The third-order valence-electron chi connectivity index (χ3n) is 5.68. The molecule has 3 aromatic rings. The summed E-state index contributed by atoms with van der Waals surface area (Å²) in [6.07, 6.45) is 2.04. The molecule has 0 bridgehead atoms. The number of para-hydroxylation sites is 1. The Hall–Kier alpha value is -2.37. The summed E-state index contributed by atoms with van der Waals surface area (Å²) in [7, 11) is -3.50. The number of rotatable bonds is 4. The molecule has 1 N–H and O–H groups in total. The summed E-state index contributed by atoms with van der Waals surface area (Å²) in [6.45, 7) is 9.16. The van der Waals surface area contributed by atoms with Crippen LogP contribution in [0.5, 0.6) is 0 Å². The van der Waals surface area contributed by atoms with Crippen LogP contribution in [0.25, 0.3) is 10.9 Å². The van der Waals surface area contributed by atoms with Crippen LogP contribution in [0.15, 0.2) is 71.8 Å². The van der Waals surface area contributed by atoms with Crippen LogP contribution in [0.3, 0.4) is 0 Å². The quantitative estimate of drug-likeness (QED) is 0.680. The first-order valence-corrected chi connectivity index (χ1v) is 10.6.